The molecule has 1 amide bonds. The number of benzene rings is 1. The molecule has 3 rings (SSSR count). The van der Waals surface area contributed by atoms with E-state index in [-0.39, 0.29) is 17.7 Å². The van der Waals surface area contributed by atoms with E-state index < -0.39 is 10.0 Å². The number of likely N-dealkylation sites (tertiary alicyclic amines) is 2. The van der Waals surface area contributed by atoms with Crippen LogP contribution in [-0.4, -0.2) is 86.6 Å². The van der Waals surface area contributed by atoms with Crippen LogP contribution in [0.4, 0.5) is 0 Å². The Morgan fingerprint density at radius 2 is 1.79 bits per heavy atom. The number of carbonyl (C=O) groups excluding carboxylic acids is 1. The number of nitrogens with zero attached hydrogens (tertiary/aromatic N) is 3. The van der Waals surface area contributed by atoms with Gasteiger partial charge in [-0.15, -0.1) is 0 Å². The second kappa shape index (κ2) is 9.91. The van der Waals surface area contributed by atoms with Crippen LogP contribution >= 0.6 is 0 Å². The van der Waals surface area contributed by atoms with Crippen molar-refractivity contribution in [2.75, 3.05) is 52.1 Å². The lowest BCUT2D eigenvalue weighted by Gasteiger charge is -2.45. The fourth-order valence-corrected chi connectivity index (χ4v) is 5.29. The van der Waals surface area contributed by atoms with E-state index in [9.17, 15) is 13.2 Å². The van der Waals surface area contributed by atoms with Gasteiger partial charge in [0, 0.05) is 26.2 Å². The molecule has 2 saturated heterocycles. The van der Waals surface area contributed by atoms with Gasteiger partial charge in [0.25, 0.3) is 0 Å². The Labute approximate surface area is 174 Å². The van der Waals surface area contributed by atoms with E-state index in [2.05, 4.69) is 4.90 Å². The summed E-state index contributed by atoms with van der Waals surface area (Å²) in [5.41, 5.74) is 0.933. The van der Waals surface area contributed by atoms with Crippen LogP contribution in [0.2, 0.25) is 0 Å². The number of piperidine rings is 1. The first-order chi connectivity index (χ1) is 13.9. The van der Waals surface area contributed by atoms with Crippen molar-refractivity contribution in [3.05, 3.63) is 29.8 Å². The third-order valence-electron chi connectivity index (χ3n) is 5.94. The molecule has 2 aliphatic heterocycles. The number of ether oxygens (including phenoxy) is 1. The summed E-state index contributed by atoms with van der Waals surface area (Å²) in [6, 6.07) is 7.36. The van der Waals surface area contributed by atoms with Crippen LogP contribution < -0.4 is 4.74 Å². The van der Waals surface area contributed by atoms with Gasteiger partial charge in [0.05, 0.1) is 25.3 Å². The Morgan fingerprint density at radius 1 is 1.14 bits per heavy atom. The average molecular weight is 424 g/mol. The Hall–Kier alpha value is -1.64. The minimum atomic E-state index is -3.28. The summed E-state index contributed by atoms with van der Waals surface area (Å²) in [6.07, 6.45) is 3.97. The van der Waals surface area contributed by atoms with E-state index in [1.165, 1.54) is 19.3 Å². The fraction of sp³-hybridized carbons (Fsp3) is 0.667. The molecule has 162 valence electrons. The van der Waals surface area contributed by atoms with E-state index in [1.54, 1.807) is 23.2 Å². The highest BCUT2D eigenvalue weighted by Crippen LogP contribution is 2.21. The lowest BCUT2D eigenvalue weighted by molar-refractivity contribution is -0.136. The highest BCUT2D eigenvalue weighted by molar-refractivity contribution is 7.89. The van der Waals surface area contributed by atoms with Crippen molar-refractivity contribution < 1.29 is 17.9 Å². The van der Waals surface area contributed by atoms with Gasteiger partial charge >= 0.3 is 0 Å². The molecule has 0 unspecified atom stereocenters. The summed E-state index contributed by atoms with van der Waals surface area (Å²) >= 11 is 0. The van der Waals surface area contributed by atoms with E-state index in [1.807, 2.05) is 24.3 Å². The standard InChI is InChI=1S/C21H33N3O4S/c1-3-29(26,27)24(14-13-22-11-5-4-6-12-22)19-16-23(17-19)21(25)15-18-7-9-20(28-2)10-8-18/h7-10,19H,3-6,11-17H2,1-2H3. The molecule has 0 bridgehead atoms. The quantitative estimate of drug-likeness (QED) is 0.603. The predicted octanol–water partition coefficient (Wildman–Crippen LogP) is 1.59. The zero-order valence-corrected chi connectivity index (χ0v) is 18.4. The van der Waals surface area contributed by atoms with Gasteiger partial charge in [0.1, 0.15) is 5.75 Å². The number of hydrogen-bond acceptors (Lipinski definition) is 5. The molecule has 0 saturated carbocycles. The molecule has 0 aliphatic carbocycles. The molecule has 2 heterocycles. The molecule has 2 fully saturated rings. The molecule has 0 aromatic heterocycles. The predicted molar refractivity (Wildman–Crippen MR) is 114 cm³/mol. The summed E-state index contributed by atoms with van der Waals surface area (Å²) in [7, 11) is -1.67. The summed E-state index contributed by atoms with van der Waals surface area (Å²) in [5.74, 6) is 0.902. The number of carbonyl (C=O) groups is 1. The van der Waals surface area contributed by atoms with Crippen molar-refractivity contribution in [2.45, 2.75) is 38.6 Å². The molecule has 0 spiro atoms. The molecule has 0 radical (unpaired) electrons. The van der Waals surface area contributed by atoms with E-state index in [4.69, 9.17) is 4.74 Å². The van der Waals surface area contributed by atoms with E-state index in [0.717, 1.165) is 30.9 Å². The highest BCUT2D eigenvalue weighted by atomic mass is 32.2. The van der Waals surface area contributed by atoms with Crippen LogP contribution in [0.1, 0.15) is 31.7 Å². The second-order valence-electron chi connectivity index (χ2n) is 7.89. The van der Waals surface area contributed by atoms with Gasteiger partial charge in [-0.05, 0) is 50.6 Å². The lowest BCUT2D eigenvalue weighted by atomic mass is 10.1. The molecule has 0 N–H and O–H groups in total. The third kappa shape index (κ3) is 5.71. The van der Waals surface area contributed by atoms with E-state index >= 15 is 0 Å². The van der Waals surface area contributed by atoms with Crippen molar-refractivity contribution >= 4 is 15.9 Å². The van der Waals surface area contributed by atoms with Gasteiger partial charge in [0.2, 0.25) is 15.9 Å². The first kappa shape index (κ1) is 22.1. The number of rotatable bonds is 9. The fourth-order valence-electron chi connectivity index (χ4n) is 4.01. The zero-order chi connectivity index (χ0) is 20.9. The average Bonchev–Trinajstić information content (AvgIpc) is 2.70. The maximum atomic E-state index is 12.6. The first-order valence-electron chi connectivity index (χ1n) is 10.6. The largest absolute Gasteiger partial charge is 0.497 e. The molecule has 7 nitrogen and oxygen atoms in total. The van der Waals surface area contributed by atoms with Crippen molar-refractivity contribution in [2.24, 2.45) is 0 Å². The molecule has 29 heavy (non-hydrogen) atoms. The third-order valence-corrected chi connectivity index (χ3v) is 7.87. The molecule has 8 heteroatoms. The van der Waals surface area contributed by atoms with Crippen molar-refractivity contribution in [1.29, 1.82) is 0 Å². The zero-order valence-electron chi connectivity index (χ0n) is 17.5. The molecule has 0 atom stereocenters. The number of amides is 1. The number of sulfonamides is 1. The van der Waals surface area contributed by atoms with E-state index in [0.29, 0.717) is 26.1 Å². The second-order valence-corrected chi connectivity index (χ2v) is 10.1. The normalized spacial score (nSPS) is 18.7. The van der Waals surface area contributed by atoms with Gasteiger partial charge in [-0.3, -0.25) is 4.79 Å². The first-order valence-corrected chi connectivity index (χ1v) is 12.2. The van der Waals surface area contributed by atoms with Crippen molar-refractivity contribution in [3.8, 4) is 5.75 Å². The molecule has 1 aromatic rings. The number of hydrogen-bond donors (Lipinski definition) is 0. The van der Waals surface area contributed by atoms with Crippen molar-refractivity contribution in [3.63, 3.8) is 0 Å². The van der Waals surface area contributed by atoms with Crippen molar-refractivity contribution in [1.82, 2.24) is 14.1 Å². The van der Waals surface area contributed by atoms with Crippen LogP contribution in [0, 0.1) is 0 Å². The Balaban J connectivity index is 1.53. The van der Waals surface area contributed by atoms with Gasteiger partial charge in [0.15, 0.2) is 0 Å². The summed E-state index contributed by atoms with van der Waals surface area (Å²) in [6.45, 7) is 6.04. The van der Waals surface area contributed by atoms with Crippen LogP contribution in [0.5, 0.6) is 5.75 Å². The summed E-state index contributed by atoms with van der Waals surface area (Å²) in [5, 5.41) is 0. The monoisotopic (exact) mass is 423 g/mol. The maximum Gasteiger partial charge on any atom is 0.227 e. The van der Waals surface area contributed by atoms with Gasteiger partial charge < -0.3 is 14.5 Å². The Bertz CT molecular complexity index is 770. The maximum absolute atomic E-state index is 12.6. The summed E-state index contributed by atoms with van der Waals surface area (Å²) < 4.78 is 32.0. The Kier molecular flexibility index (Phi) is 7.54. The lowest BCUT2D eigenvalue weighted by Crippen LogP contribution is -2.63. The minimum Gasteiger partial charge on any atom is -0.497 e. The minimum absolute atomic E-state index is 0.0382. The summed E-state index contributed by atoms with van der Waals surface area (Å²) in [4.78, 5) is 16.7. The molecular formula is C21H33N3O4S. The number of methoxy groups -OCH3 is 1. The smallest absolute Gasteiger partial charge is 0.227 e. The Morgan fingerprint density at radius 3 is 2.38 bits per heavy atom. The topological polar surface area (TPSA) is 70.2 Å². The van der Waals surface area contributed by atoms with Gasteiger partial charge in [-0.2, -0.15) is 4.31 Å². The van der Waals surface area contributed by atoms with Crippen LogP contribution in [-0.2, 0) is 21.2 Å². The molecule has 2 aliphatic rings. The molecular weight excluding hydrogens is 390 g/mol. The van der Waals surface area contributed by atoms with Crippen LogP contribution in [0.25, 0.3) is 0 Å². The van der Waals surface area contributed by atoms with Gasteiger partial charge in [-0.25, -0.2) is 8.42 Å². The van der Waals surface area contributed by atoms with Crippen LogP contribution in [0.3, 0.4) is 0 Å². The molecule has 1 aromatic carbocycles. The SMILES string of the molecule is CCS(=O)(=O)N(CCN1CCCCC1)C1CN(C(=O)Cc2ccc(OC)cc2)C1. The van der Waals surface area contributed by atoms with Crippen LogP contribution in [0.15, 0.2) is 24.3 Å². The van der Waals surface area contributed by atoms with Gasteiger partial charge in [-0.1, -0.05) is 18.6 Å². The highest BCUT2D eigenvalue weighted by Gasteiger charge is 2.39.